The number of rotatable bonds is 3. The van der Waals surface area contributed by atoms with E-state index in [4.69, 9.17) is 5.73 Å². The van der Waals surface area contributed by atoms with Gasteiger partial charge in [0.05, 0.1) is 5.69 Å². The van der Waals surface area contributed by atoms with Crippen molar-refractivity contribution in [3.8, 4) is 5.82 Å². The highest BCUT2D eigenvalue weighted by molar-refractivity contribution is 5.49. The summed E-state index contributed by atoms with van der Waals surface area (Å²) in [5, 5.41) is 0. The molecule has 0 aliphatic carbocycles. The van der Waals surface area contributed by atoms with E-state index in [1.807, 2.05) is 25.3 Å². The summed E-state index contributed by atoms with van der Waals surface area (Å²) >= 11 is 0. The highest BCUT2D eigenvalue weighted by Crippen LogP contribution is 2.19. The Morgan fingerprint density at radius 3 is 2.50 bits per heavy atom. The third-order valence-electron chi connectivity index (χ3n) is 3.16. The number of nitrogen functional groups attached to an aromatic ring is 1. The van der Waals surface area contributed by atoms with Crippen LogP contribution in [0.1, 0.15) is 36.1 Å². The maximum Gasteiger partial charge on any atom is 0.146 e. The van der Waals surface area contributed by atoms with Gasteiger partial charge in [-0.2, -0.15) is 0 Å². The summed E-state index contributed by atoms with van der Waals surface area (Å²) in [6.07, 6.45) is 3.63. The van der Waals surface area contributed by atoms with Crippen LogP contribution >= 0.6 is 0 Å². The van der Waals surface area contributed by atoms with Gasteiger partial charge >= 0.3 is 0 Å². The lowest BCUT2D eigenvalue weighted by molar-refractivity contribution is 0.808. The van der Waals surface area contributed by atoms with Gasteiger partial charge in [0, 0.05) is 17.7 Å². The maximum atomic E-state index is 5.96. The molecule has 2 heterocycles. The summed E-state index contributed by atoms with van der Waals surface area (Å²) < 4.78 is 1.97. The van der Waals surface area contributed by atoms with E-state index in [1.165, 1.54) is 0 Å². The van der Waals surface area contributed by atoms with Crippen molar-refractivity contribution in [2.24, 2.45) is 0 Å². The Balaban J connectivity index is 2.59. The van der Waals surface area contributed by atoms with Crippen molar-refractivity contribution >= 4 is 5.82 Å². The fourth-order valence-corrected chi connectivity index (χ4v) is 1.85. The van der Waals surface area contributed by atoms with E-state index >= 15 is 0 Å². The van der Waals surface area contributed by atoms with E-state index in [0.717, 1.165) is 41.4 Å². The first-order valence-corrected chi connectivity index (χ1v) is 6.18. The van der Waals surface area contributed by atoms with Crippen LogP contribution in [-0.2, 0) is 6.42 Å². The van der Waals surface area contributed by atoms with Crippen molar-refractivity contribution in [1.29, 1.82) is 0 Å². The van der Waals surface area contributed by atoms with E-state index in [-0.39, 0.29) is 0 Å². The lowest BCUT2D eigenvalue weighted by atomic mass is 10.2. The SMILES string of the molecule is CCCc1nc(N)c(C)c(-n2cnc(C)c2C)n1. The Bertz CT molecular complexity index is 571. The summed E-state index contributed by atoms with van der Waals surface area (Å²) in [5.74, 6) is 2.18. The Hall–Kier alpha value is -1.91. The largest absolute Gasteiger partial charge is 0.383 e. The zero-order valence-corrected chi connectivity index (χ0v) is 11.4. The molecule has 0 spiro atoms. The number of aromatic nitrogens is 4. The molecule has 0 saturated heterocycles. The molecule has 2 rings (SSSR count). The van der Waals surface area contributed by atoms with E-state index < -0.39 is 0 Å². The topological polar surface area (TPSA) is 69.6 Å². The number of nitrogens with two attached hydrogens (primary N) is 1. The van der Waals surface area contributed by atoms with Crippen molar-refractivity contribution in [2.75, 3.05) is 5.73 Å². The first kappa shape index (κ1) is 12.5. The Morgan fingerprint density at radius 1 is 1.22 bits per heavy atom. The van der Waals surface area contributed by atoms with Gasteiger partial charge in [-0.1, -0.05) is 6.92 Å². The fraction of sp³-hybridized carbons (Fsp3) is 0.462. The molecule has 0 bridgehead atoms. The van der Waals surface area contributed by atoms with E-state index in [1.54, 1.807) is 6.33 Å². The van der Waals surface area contributed by atoms with Crippen LogP contribution in [0.3, 0.4) is 0 Å². The van der Waals surface area contributed by atoms with E-state index in [9.17, 15) is 0 Å². The molecule has 2 aromatic heterocycles. The standard InChI is InChI=1S/C13H19N5/c1-5-6-11-16-12(14)8(2)13(17-11)18-7-15-9(3)10(18)4/h7H,5-6H2,1-4H3,(H2,14,16,17). The van der Waals surface area contributed by atoms with Crippen molar-refractivity contribution in [1.82, 2.24) is 19.5 Å². The van der Waals surface area contributed by atoms with Gasteiger partial charge in [0.2, 0.25) is 0 Å². The molecular weight excluding hydrogens is 226 g/mol. The fourth-order valence-electron chi connectivity index (χ4n) is 1.85. The minimum atomic E-state index is 0.550. The van der Waals surface area contributed by atoms with Gasteiger partial charge in [-0.05, 0) is 27.2 Å². The van der Waals surface area contributed by atoms with Gasteiger partial charge in [0.15, 0.2) is 0 Å². The minimum Gasteiger partial charge on any atom is -0.383 e. The lowest BCUT2D eigenvalue weighted by Gasteiger charge is -2.11. The van der Waals surface area contributed by atoms with Crippen molar-refractivity contribution in [3.05, 3.63) is 29.1 Å². The first-order chi connectivity index (χ1) is 8.54. The summed E-state index contributed by atoms with van der Waals surface area (Å²) in [6.45, 7) is 8.05. The molecular formula is C13H19N5. The second kappa shape index (κ2) is 4.76. The Morgan fingerprint density at radius 2 is 1.94 bits per heavy atom. The number of anilines is 1. The molecule has 0 aliphatic heterocycles. The number of hydrogen-bond acceptors (Lipinski definition) is 4. The number of imidazole rings is 1. The summed E-state index contributed by atoms with van der Waals surface area (Å²) in [6, 6.07) is 0. The van der Waals surface area contributed by atoms with Gasteiger partial charge in [-0.15, -0.1) is 0 Å². The smallest absolute Gasteiger partial charge is 0.146 e. The number of aryl methyl sites for hydroxylation is 2. The van der Waals surface area contributed by atoms with Gasteiger partial charge in [-0.25, -0.2) is 15.0 Å². The zero-order chi connectivity index (χ0) is 13.3. The molecule has 5 heteroatoms. The third kappa shape index (κ3) is 2.08. The van der Waals surface area contributed by atoms with Gasteiger partial charge in [0.25, 0.3) is 0 Å². The van der Waals surface area contributed by atoms with Gasteiger partial charge < -0.3 is 5.73 Å². The van der Waals surface area contributed by atoms with E-state index in [0.29, 0.717) is 5.82 Å². The van der Waals surface area contributed by atoms with Crippen LogP contribution in [0, 0.1) is 20.8 Å². The average molecular weight is 245 g/mol. The molecule has 18 heavy (non-hydrogen) atoms. The second-order valence-electron chi connectivity index (χ2n) is 4.51. The van der Waals surface area contributed by atoms with Crippen LogP contribution in [0.4, 0.5) is 5.82 Å². The summed E-state index contributed by atoms with van der Waals surface area (Å²) in [4.78, 5) is 13.2. The lowest BCUT2D eigenvalue weighted by Crippen LogP contribution is -2.10. The number of hydrogen-bond donors (Lipinski definition) is 1. The Kier molecular flexibility index (Phi) is 3.32. The maximum absolute atomic E-state index is 5.96. The molecule has 0 aromatic carbocycles. The monoisotopic (exact) mass is 245 g/mol. The van der Waals surface area contributed by atoms with Crippen LogP contribution in [0.5, 0.6) is 0 Å². The predicted octanol–water partition coefficient (Wildman–Crippen LogP) is 2.12. The van der Waals surface area contributed by atoms with Crippen molar-refractivity contribution in [3.63, 3.8) is 0 Å². The third-order valence-corrected chi connectivity index (χ3v) is 3.16. The first-order valence-electron chi connectivity index (χ1n) is 6.18. The normalized spacial score (nSPS) is 10.9. The number of nitrogens with zero attached hydrogens (tertiary/aromatic N) is 4. The molecule has 5 nitrogen and oxygen atoms in total. The van der Waals surface area contributed by atoms with Gasteiger partial charge in [0.1, 0.15) is 23.8 Å². The highest BCUT2D eigenvalue weighted by atomic mass is 15.1. The molecule has 0 amide bonds. The van der Waals surface area contributed by atoms with Crippen LogP contribution in [-0.4, -0.2) is 19.5 Å². The summed E-state index contributed by atoms with van der Waals surface area (Å²) in [7, 11) is 0. The molecule has 0 aliphatic rings. The Labute approximate surface area is 107 Å². The molecule has 0 atom stereocenters. The molecule has 96 valence electrons. The zero-order valence-electron chi connectivity index (χ0n) is 11.4. The second-order valence-corrected chi connectivity index (χ2v) is 4.51. The molecule has 2 aromatic rings. The predicted molar refractivity (Wildman–Crippen MR) is 71.8 cm³/mol. The van der Waals surface area contributed by atoms with Crippen LogP contribution in [0.25, 0.3) is 5.82 Å². The van der Waals surface area contributed by atoms with Gasteiger partial charge in [-0.3, -0.25) is 4.57 Å². The van der Waals surface area contributed by atoms with Crippen LogP contribution in [0.15, 0.2) is 6.33 Å². The average Bonchev–Trinajstić information content (AvgIpc) is 2.65. The molecule has 0 radical (unpaired) electrons. The van der Waals surface area contributed by atoms with Crippen molar-refractivity contribution < 1.29 is 0 Å². The molecule has 0 saturated carbocycles. The molecule has 2 N–H and O–H groups in total. The molecule has 0 unspecified atom stereocenters. The van der Waals surface area contributed by atoms with E-state index in [2.05, 4.69) is 21.9 Å². The van der Waals surface area contributed by atoms with Crippen molar-refractivity contribution in [2.45, 2.75) is 40.5 Å². The summed E-state index contributed by atoms with van der Waals surface area (Å²) in [5.41, 5.74) is 8.95. The quantitative estimate of drug-likeness (QED) is 0.899. The highest BCUT2D eigenvalue weighted by Gasteiger charge is 2.13. The van der Waals surface area contributed by atoms with Crippen LogP contribution < -0.4 is 5.73 Å². The minimum absolute atomic E-state index is 0.550. The van der Waals surface area contributed by atoms with Crippen LogP contribution in [0.2, 0.25) is 0 Å². The molecule has 0 fully saturated rings.